The summed E-state index contributed by atoms with van der Waals surface area (Å²) >= 11 is 6.09. The molecule has 8 nitrogen and oxygen atoms in total. The van der Waals surface area contributed by atoms with Gasteiger partial charge in [-0.1, -0.05) is 23.7 Å². The first-order chi connectivity index (χ1) is 13.0. The average molecular weight is 386 g/mol. The summed E-state index contributed by atoms with van der Waals surface area (Å²) in [4.78, 5) is 21.5. The van der Waals surface area contributed by atoms with Gasteiger partial charge < -0.3 is 9.52 Å². The van der Waals surface area contributed by atoms with Gasteiger partial charge in [-0.2, -0.15) is 5.10 Å². The number of para-hydroxylation sites is 1. The first kappa shape index (κ1) is 18.2. The molecule has 0 aliphatic carbocycles. The van der Waals surface area contributed by atoms with Crippen molar-refractivity contribution in [3.63, 3.8) is 0 Å². The van der Waals surface area contributed by atoms with Gasteiger partial charge in [0.15, 0.2) is 0 Å². The monoisotopic (exact) mass is 385 g/mol. The normalized spacial score (nSPS) is 10.9. The summed E-state index contributed by atoms with van der Waals surface area (Å²) in [7, 11) is 0. The third-order valence-corrected chi connectivity index (χ3v) is 3.92. The van der Waals surface area contributed by atoms with E-state index >= 15 is 0 Å². The number of hydrogen-bond donors (Lipinski definition) is 2. The topological polar surface area (TPSA) is 118 Å². The molecular weight excluding hydrogens is 374 g/mol. The van der Waals surface area contributed by atoms with Crippen molar-refractivity contribution >= 4 is 35.2 Å². The molecule has 9 heteroatoms. The van der Waals surface area contributed by atoms with E-state index in [4.69, 9.17) is 21.1 Å². The van der Waals surface area contributed by atoms with Gasteiger partial charge in [-0.15, -0.1) is 0 Å². The molecule has 3 aromatic rings. The average Bonchev–Trinajstić information content (AvgIpc) is 3.11. The van der Waals surface area contributed by atoms with Crippen LogP contribution in [0.1, 0.15) is 16.1 Å². The van der Waals surface area contributed by atoms with Crippen LogP contribution in [0.2, 0.25) is 5.02 Å². The number of furan rings is 1. The highest BCUT2D eigenvalue weighted by Gasteiger charge is 2.14. The van der Waals surface area contributed by atoms with Gasteiger partial charge in [-0.25, -0.2) is 4.79 Å². The number of rotatable bonds is 6. The lowest BCUT2D eigenvalue weighted by atomic mass is 10.1. The van der Waals surface area contributed by atoms with Crippen LogP contribution in [0.5, 0.6) is 0 Å². The van der Waals surface area contributed by atoms with E-state index in [-0.39, 0.29) is 11.3 Å². The van der Waals surface area contributed by atoms with Gasteiger partial charge in [0.25, 0.3) is 5.69 Å². The van der Waals surface area contributed by atoms with E-state index in [2.05, 4.69) is 10.5 Å². The molecule has 136 valence electrons. The smallest absolute Gasteiger partial charge is 0.337 e. The lowest BCUT2D eigenvalue weighted by Gasteiger charge is -2.03. The Labute approximate surface area is 157 Å². The second-order valence-corrected chi connectivity index (χ2v) is 5.75. The molecule has 0 saturated carbocycles. The van der Waals surface area contributed by atoms with E-state index in [0.29, 0.717) is 27.8 Å². The van der Waals surface area contributed by atoms with Crippen LogP contribution < -0.4 is 5.43 Å². The van der Waals surface area contributed by atoms with Crippen LogP contribution >= 0.6 is 11.6 Å². The number of non-ortho nitro benzene ring substituents is 1. The van der Waals surface area contributed by atoms with Crippen LogP contribution in [-0.4, -0.2) is 22.2 Å². The third kappa shape index (κ3) is 4.13. The highest BCUT2D eigenvalue weighted by molar-refractivity contribution is 6.33. The fourth-order valence-electron chi connectivity index (χ4n) is 2.32. The Bertz CT molecular complexity index is 1040. The predicted octanol–water partition coefficient (Wildman–Crippen LogP) is 4.65. The zero-order valence-electron chi connectivity index (χ0n) is 13.6. The van der Waals surface area contributed by atoms with E-state index in [1.165, 1.54) is 30.5 Å². The minimum atomic E-state index is -1.08. The summed E-state index contributed by atoms with van der Waals surface area (Å²) in [6, 6.07) is 13.6. The quantitative estimate of drug-likeness (QED) is 0.362. The number of nitro groups is 1. The number of carboxylic acid groups (broad SMARTS) is 1. The zero-order chi connectivity index (χ0) is 19.4. The summed E-state index contributed by atoms with van der Waals surface area (Å²) in [5.41, 5.74) is 3.33. The molecule has 2 N–H and O–H groups in total. The second-order valence-electron chi connectivity index (χ2n) is 5.34. The molecule has 0 aliphatic rings. The summed E-state index contributed by atoms with van der Waals surface area (Å²) < 4.78 is 5.59. The molecule has 27 heavy (non-hydrogen) atoms. The molecule has 0 fully saturated rings. The fraction of sp³-hybridized carbons (Fsp3) is 0. The van der Waals surface area contributed by atoms with Crippen molar-refractivity contribution in [2.45, 2.75) is 0 Å². The van der Waals surface area contributed by atoms with E-state index < -0.39 is 10.9 Å². The molecule has 0 unspecified atom stereocenters. The van der Waals surface area contributed by atoms with Crippen molar-refractivity contribution in [1.82, 2.24) is 0 Å². The molecule has 0 aliphatic heterocycles. The first-order valence-corrected chi connectivity index (χ1v) is 7.99. The fourth-order valence-corrected chi connectivity index (χ4v) is 2.53. The Morgan fingerprint density at radius 2 is 2.00 bits per heavy atom. The Morgan fingerprint density at radius 1 is 1.22 bits per heavy atom. The Hall–Kier alpha value is -3.65. The second kappa shape index (κ2) is 7.71. The number of carbonyl (C=O) groups is 1. The van der Waals surface area contributed by atoms with Crippen molar-refractivity contribution in [1.29, 1.82) is 0 Å². The van der Waals surface area contributed by atoms with Crippen LogP contribution in [0, 0.1) is 10.1 Å². The molecule has 2 aromatic carbocycles. The van der Waals surface area contributed by atoms with Crippen molar-refractivity contribution in [3.05, 3.63) is 81.1 Å². The maximum absolute atomic E-state index is 11.2. The number of nitro benzene ring substituents is 1. The molecular formula is C18H12ClN3O5. The molecule has 0 radical (unpaired) electrons. The van der Waals surface area contributed by atoms with E-state index in [1.807, 2.05) is 0 Å². The molecule has 0 amide bonds. The zero-order valence-corrected chi connectivity index (χ0v) is 14.4. The molecule has 3 rings (SSSR count). The highest BCUT2D eigenvalue weighted by Crippen LogP contribution is 2.32. The molecule has 0 saturated heterocycles. The van der Waals surface area contributed by atoms with Crippen LogP contribution in [0.3, 0.4) is 0 Å². The Kier molecular flexibility index (Phi) is 5.18. The standard InChI is InChI=1S/C18H12ClN3O5/c19-15-7-5-11(22(25)26)9-14(15)17-8-6-12(27-17)10-20-21-16-4-2-1-3-13(16)18(23)24/h1-10,21H,(H,23,24). The summed E-state index contributed by atoms with van der Waals surface area (Å²) in [6.45, 7) is 0. The number of carboxylic acids is 1. The number of hydrogen-bond acceptors (Lipinski definition) is 6. The van der Waals surface area contributed by atoms with Gasteiger partial charge >= 0.3 is 5.97 Å². The molecule has 0 atom stereocenters. The van der Waals surface area contributed by atoms with Crippen LogP contribution in [0.4, 0.5) is 11.4 Å². The summed E-state index contributed by atoms with van der Waals surface area (Å²) in [6.07, 6.45) is 1.35. The van der Waals surface area contributed by atoms with E-state index in [1.54, 1.807) is 30.3 Å². The molecule has 0 spiro atoms. The van der Waals surface area contributed by atoms with Crippen LogP contribution in [0.25, 0.3) is 11.3 Å². The first-order valence-electron chi connectivity index (χ1n) is 7.61. The van der Waals surface area contributed by atoms with Gasteiger partial charge in [0.05, 0.1) is 27.4 Å². The lowest BCUT2D eigenvalue weighted by Crippen LogP contribution is -2.01. The highest BCUT2D eigenvalue weighted by atomic mass is 35.5. The molecule has 0 bridgehead atoms. The number of benzene rings is 2. The van der Waals surface area contributed by atoms with E-state index in [9.17, 15) is 14.9 Å². The van der Waals surface area contributed by atoms with Crippen molar-refractivity contribution in [2.75, 3.05) is 5.43 Å². The maximum atomic E-state index is 11.2. The number of anilines is 1. The summed E-state index contributed by atoms with van der Waals surface area (Å²) in [5.74, 6) is -0.377. The van der Waals surface area contributed by atoms with Crippen LogP contribution in [-0.2, 0) is 0 Å². The predicted molar refractivity (Wildman–Crippen MR) is 100 cm³/mol. The number of nitrogens with zero attached hydrogens (tertiary/aromatic N) is 2. The number of halogens is 1. The van der Waals surface area contributed by atoms with Gasteiger partial charge in [0.2, 0.25) is 0 Å². The SMILES string of the molecule is O=C(O)c1ccccc1NN=Cc1ccc(-c2cc([N+](=O)[O-])ccc2Cl)o1. The number of aromatic carboxylic acids is 1. The Balaban J connectivity index is 1.79. The van der Waals surface area contributed by atoms with Crippen molar-refractivity contribution in [3.8, 4) is 11.3 Å². The molecule has 1 heterocycles. The third-order valence-electron chi connectivity index (χ3n) is 3.59. The van der Waals surface area contributed by atoms with Gasteiger partial charge in [-0.3, -0.25) is 15.5 Å². The largest absolute Gasteiger partial charge is 0.478 e. The van der Waals surface area contributed by atoms with Gasteiger partial charge in [0.1, 0.15) is 11.5 Å². The minimum Gasteiger partial charge on any atom is -0.478 e. The van der Waals surface area contributed by atoms with E-state index in [0.717, 1.165) is 0 Å². The van der Waals surface area contributed by atoms with Crippen LogP contribution in [0.15, 0.2) is 64.1 Å². The Morgan fingerprint density at radius 3 is 2.74 bits per heavy atom. The number of nitrogens with one attached hydrogen (secondary N) is 1. The number of hydrazone groups is 1. The molecule has 1 aromatic heterocycles. The summed E-state index contributed by atoms with van der Waals surface area (Å²) in [5, 5.41) is 24.3. The minimum absolute atomic E-state index is 0.0816. The lowest BCUT2D eigenvalue weighted by molar-refractivity contribution is -0.384. The maximum Gasteiger partial charge on any atom is 0.337 e. The van der Waals surface area contributed by atoms with Gasteiger partial charge in [0, 0.05) is 17.7 Å². The van der Waals surface area contributed by atoms with Gasteiger partial charge in [-0.05, 0) is 30.3 Å². The van der Waals surface area contributed by atoms with Crippen molar-refractivity contribution in [2.24, 2.45) is 5.10 Å². The van der Waals surface area contributed by atoms with Crippen molar-refractivity contribution < 1.29 is 19.2 Å².